The van der Waals surface area contributed by atoms with Crippen molar-refractivity contribution < 1.29 is 4.74 Å². The van der Waals surface area contributed by atoms with Crippen LogP contribution in [0.3, 0.4) is 0 Å². The molecule has 3 heterocycles. The molecular formula is C14H19N5O. The molecule has 3 rings (SSSR count). The molecule has 20 heavy (non-hydrogen) atoms. The van der Waals surface area contributed by atoms with Gasteiger partial charge in [0.25, 0.3) is 0 Å². The van der Waals surface area contributed by atoms with E-state index in [0.29, 0.717) is 0 Å². The third-order valence-corrected chi connectivity index (χ3v) is 3.46. The average Bonchev–Trinajstić information content (AvgIpc) is 2.87. The Labute approximate surface area is 118 Å². The van der Waals surface area contributed by atoms with Crippen molar-refractivity contribution in [1.29, 1.82) is 0 Å². The van der Waals surface area contributed by atoms with Gasteiger partial charge in [0.1, 0.15) is 5.69 Å². The molecule has 0 saturated carbocycles. The quantitative estimate of drug-likeness (QED) is 0.834. The summed E-state index contributed by atoms with van der Waals surface area (Å²) in [5, 5.41) is 8.42. The van der Waals surface area contributed by atoms with Crippen molar-refractivity contribution in [1.82, 2.24) is 24.9 Å². The minimum Gasteiger partial charge on any atom is -0.374 e. The molecule has 1 aliphatic heterocycles. The summed E-state index contributed by atoms with van der Waals surface area (Å²) in [6.07, 6.45) is 3.94. The molecule has 106 valence electrons. The van der Waals surface area contributed by atoms with Gasteiger partial charge in [-0.1, -0.05) is 5.21 Å². The zero-order valence-electron chi connectivity index (χ0n) is 11.9. The molecule has 0 spiro atoms. The molecule has 1 aliphatic rings. The Kier molecular flexibility index (Phi) is 3.75. The number of aryl methyl sites for hydroxylation is 1. The molecular weight excluding hydrogens is 254 g/mol. The number of ether oxygens (including phenoxy) is 1. The van der Waals surface area contributed by atoms with Gasteiger partial charge >= 0.3 is 0 Å². The molecule has 2 aromatic rings. The maximum Gasteiger partial charge on any atom is 0.113 e. The van der Waals surface area contributed by atoms with E-state index in [1.165, 1.54) is 0 Å². The number of morpholine rings is 1. The fourth-order valence-electron chi connectivity index (χ4n) is 2.41. The Morgan fingerprint density at radius 2 is 2.35 bits per heavy atom. The van der Waals surface area contributed by atoms with Crippen LogP contribution in [-0.4, -0.2) is 57.7 Å². The highest BCUT2D eigenvalue weighted by Gasteiger charge is 2.18. The van der Waals surface area contributed by atoms with Crippen molar-refractivity contribution in [3.63, 3.8) is 0 Å². The zero-order chi connectivity index (χ0) is 13.9. The van der Waals surface area contributed by atoms with Crippen LogP contribution in [-0.2, 0) is 11.3 Å². The Balaban J connectivity index is 1.70. The summed E-state index contributed by atoms with van der Waals surface area (Å²) in [7, 11) is 2.11. The highest BCUT2D eigenvalue weighted by molar-refractivity contribution is 5.57. The average molecular weight is 273 g/mol. The van der Waals surface area contributed by atoms with E-state index in [4.69, 9.17) is 4.74 Å². The van der Waals surface area contributed by atoms with Gasteiger partial charge in [-0.25, -0.2) is 4.68 Å². The standard InChI is InChI=1S/C14H19N5O/c1-11-7-12(3-4-15-11)14-10-19(17-16-14)9-13-8-18(2)5-6-20-13/h3-4,7,10,13H,5-6,8-9H2,1-2H3. The molecule has 1 unspecified atom stereocenters. The van der Waals surface area contributed by atoms with E-state index >= 15 is 0 Å². The molecule has 1 fully saturated rings. The number of hydrogen-bond acceptors (Lipinski definition) is 5. The van der Waals surface area contributed by atoms with Crippen molar-refractivity contribution >= 4 is 0 Å². The molecule has 2 aromatic heterocycles. The second-order valence-corrected chi connectivity index (χ2v) is 5.27. The van der Waals surface area contributed by atoms with Gasteiger partial charge in [-0.05, 0) is 26.1 Å². The van der Waals surface area contributed by atoms with Gasteiger partial charge in [-0.3, -0.25) is 4.98 Å². The molecule has 6 nitrogen and oxygen atoms in total. The zero-order valence-corrected chi connectivity index (χ0v) is 11.9. The summed E-state index contributed by atoms with van der Waals surface area (Å²) >= 11 is 0. The van der Waals surface area contributed by atoms with E-state index in [1.807, 2.05) is 29.9 Å². The number of rotatable bonds is 3. The highest BCUT2D eigenvalue weighted by Crippen LogP contribution is 2.16. The van der Waals surface area contributed by atoms with Crippen LogP contribution in [0.4, 0.5) is 0 Å². The van der Waals surface area contributed by atoms with Gasteiger partial charge in [-0.15, -0.1) is 5.10 Å². The molecule has 1 saturated heterocycles. The third-order valence-electron chi connectivity index (χ3n) is 3.46. The lowest BCUT2D eigenvalue weighted by molar-refractivity contribution is -0.0292. The lowest BCUT2D eigenvalue weighted by Gasteiger charge is -2.29. The minimum atomic E-state index is 0.183. The lowest BCUT2D eigenvalue weighted by Crippen LogP contribution is -2.42. The SMILES string of the molecule is Cc1cc(-c2cn(CC3CN(C)CCO3)nn2)ccn1. The number of likely N-dealkylation sites (N-methyl/N-ethyl adjacent to an activating group) is 1. The van der Waals surface area contributed by atoms with E-state index in [0.717, 1.165) is 43.2 Å². The van der Waals surface area contributed by atoms with Gasteiger partial charge in [-0.2, -0.15) is 0 Å². The summed E-state index contributed by atoms with van der Waals surface area (Å²) in [6.45, 7) is 5.42. The van der Waals surface area contributed by atoms with Crippen LogP contribution in [0.1, 0.15) is 5.69 Å². The van der Waals surface area contributed by atoms with Crippen LogP contribution >= 0.6 is 0 Å². The first kappa shape index (κ1) is 13.2. The first-order chi connectivity index (χ1) is 9.70. The Morgan fingerprint density at radius 1 is 1.45 bits per heavy atom. The second-order valence-electron chi connectivity index (χ2n) is 5.27. The normalized spacial score (nSPS) is 20.2. The molecule has 6 heteroatoms. The minimum absolute atomic E-state index is 0.183. The summed E-state index contributed by atoms with van der Waals surface area (Å²) < 4.78 is 7.60. The van der Waals surface area contributed by atoms with Gasteiger partial charge in [0, 0.05) is 30.5 Å². The predicted molar refractivity (Wildman–Crippen MR) is 75.2 cm³/mol. The number of aromatic nitrogens is 4. The molecule has 0 bridgehead atoms. The lowest BCUT2D eigenvalue weighted by atomic mass is 10.2. The first-order valence-electron chi connectivity index (χ1n) is 6.84. The Bertz CT molecular complexity index is 582. The topological polar surface area (TPSA) is 56.1 Å². The van der Waals surface area contributed by atoms with Gasteiger partial charge in [0.2, 0.25) is 0 Å². The van der Waals surface area contributed by atoms with E-state index in [1.54, 1.807) is 6.20 Å². The van der Waals surface area contributed by atoms with Gasteiger partial charge < -0.3 is 9.64 Å². The van der Waals surface area contributed by atoms with Crippen LogP contribution in [0.2, 0.25) is 0 Å². The van der Waals surface area contributed by atoms with Crippen LogP contribution in [0.25, 0.3) is 11.3 Å². The number of nitrogens with zero attached hydrogens (tertiary/aromatic N) is 5. The fraction of sp³-hybridized carbons (Fsp3) is 0.500. The summed E-state index contributed by atoms with van der Waals surface area (Å²) in [6, 6.07) is 3.96. The summed E-state index contributed by atoms with van der Waals surface area (Å²) in [5.74, 6) is 0. The number of pyridine rings is 1. The molecule has 0 N–H and O–H groups in total. The Morgan fingerprint density at radius 3 is 3.15 bits per heavy atom. The largest absolute Gasteiger partial charge is 0.374 e. The second kappa shape index (κ2) is 5.68. The van der Waals surface area contributed by atoms with Gasteiger partial charge in [0.05, 0.1) is 25.5 Å². The molecule has 0 aliphatic carbocycles. The maximum absolute atomic E-state index is 5.75. The smallest absolute Gasteiger partial charge is 0.113 e. The molecule has 0 radical (unpaired) electrons. The summed E-state index contributed by atoms with van der Waals surface area (Å²) in [5.41, 5.74) is 2.90. The monoisotopic (exact) mass is 273 g/mol. The fourth-order valence-corrected chi connectivity index (χ4v) is 2.41. The van der Waals surface area contributed by atoms with Crippen molar-refractivity contribution in [2.45, 2.75) is 19.6 Å². The van der Waals surface area contributed by atoms with Crippen molar-refractivity contribution in [3.05, 3.63) is 30.2 Å². The van der Waals surface area contributed by atoms with Crippen molar-refractivity contribution in [2.24, 2.45) is 0 Å². The molecule has 0 amide bonds. The number of hydrogen-bond donors (Lipinski definition) is 0. The van der Waals surface area contributed by atoms with Crippen molar-refractivity contribution in [3.8, 4) is 11.3 Å². The van der Waals surface area contributed by atoms with E-state index in [2.05, 4.69) is 27.2 Å². The van der Waals surface area contributed by atoms with Crippen LogP contribution in [0.5, 0.6) is 0 Å². The maximum atomic E-state index is 5.75. The predicted octanol–water partition coefficient (Wildman–Crippen LogP) is 0.979. The van der Waals surface area contributed by atoms with Crippen molar-refractivity contribution in [2.75, 3.05) is 26.7 Å². The first-order valence-corrected chi connectivity index (χ1v) is 6.84. The highest BCUT2D eigenvalue weighted by atomic mass is 16.5. The third kappa shape index (κ3) is 3.02. The van der Waals surface area contributed by atoms with E-state index in [9.17, 15) is 0 Å². The molecule has 0 aromatic carbocycles. The van der Waals surface area contributed by atoms with Crippen LogP contribution < -0.4 is 0 Å². The summed E-state index contributed by atoms with van der Waals surface area (Å²) in [4.78, 5) is 6.47. The van der Waals surface area contributed by atoms with Gasteiger partial charge in [0.15, 0.2) is 0 Å². The van der Waals surface area contributed by atoms with Crippen LogP contribution in [0, 0.1) is 6.92 Å². The van der Waals surface area contributed by atoms with E-state index in [-0.39, 0.29) is 6.10 Å². The Hall–Kier alpha value is -1.79. The molecule has 1 atom stereocenters. The van der Waals surface area contributed by atoms with E-state index < -0.39 is 0 Å². The van der Waals surface area contributed by atoms with Crippen LogP contribution in [0.15, 0.2) is 24.5 Å².